The SMILES string of the molecule is CC(=O)NC(CC(=O)N1CCC[C@H]1CO)c1cccs1. The van der Waals surface area contributed by atoms with Crippen LogP contribution >= 0.6 is 11.3 Å². The molecule has 0 spiro atoms. The molecule has 2 atom stereocenters. The highest BCUT2D eigenvalue weighted by Gasteiger charge is 2.30. The number of aliphatic hydroxyl groups is 1. The standard InChI is InChI=1S/C14H20N2O3S/c1-10(18)15-12(13-5-3-7-20-13)8-14(19)16-6-2-4-11(16)9-17/h3,5,7,11-12,17H,2,4,6,8-9H2,1H3,(H,15,18)/t11-,12?/m0/s1. The van der Waals surface area contributed by atoms with Gasteiger partial charge in [0.05, 0.1) is 25.1 Å². The lowest BCUT2D eigenvalue weighted by Gasteiger charge is -2.25. The molecule has 2 N–H and O–H groups in total. The van der Waals surface area contributed by atoms with Gasteiger partial charge in [0, 0.05) is 18.3 Å². The van der Waals surface area contributed by atoms with Crippen LogP contribution in [0.15, 0.2) is 17.5 Å². The van der Waals surface area contributed by atoms with Crippen LogP contribution in [0.1, 0.15) is 37.1 Å². The number of carbonyl (C=O) groups excluding carboxylic acids is 2. The molecule has 0 aliphatic carbocycles. The summed E-state index contributed by atoms with van der Waals surface area (Å²) in [6, 6.07) is 3.49. The summed E-state index contributed by atoms with van der Waals surface area (Å²) in [6.07, 6.45) is 2.03. The molecule has 110 valence electrons. The van der Waals surface area contributed by atoms with E-state index < -0.39 is 0 Å². The van der Waals surface area contributed by atoms with Crippen molar-refractivity contribution < 1.29 is 14.7 Å². The quantitative estimate of drug-likeness (QED) is 0.860. The van der Waals surface area contributed by atoms with E-state index in [0.29, 0.717) is 6.54 Å². The van der Waals surface area contributed by atoms with Gasteiger partial charge in [-0.25, -0.2) is 0 Å². The third-order valence-electron chi connectivity index (χ3n) is 3.55. The Balaban J connectivity index is 2.04. The van der Waals surface area contributed by atoms with Crippen LogP contribution in [0, 0.1) is 0 Å². The number of thiophene rings is 1. The Labute approximate surface area is 122 Å². The minimum Gasteiger partial charge on any atom is -0.394 e. The van der Waals surface area contributed by atoms with Gasteiger partial charge in [0.1, 0.15) is 0 Å². The number of rotatable bonds is 5. The summed E-state index contributed by atoms with van der Waals surface area (Å²) in [4.78, 5) is 26.4. The van der Waals surface area contributed by atoms with Gasteiger partial charge < -0.3 is 15.3 Å². The molecule has 20 heavy (non-hydrogen) atoms. The maximum absolute atomic E-state index is 12.4. The first-order valence-corrected chi connectivity index (χ1v) is 7.70. The molecule has 0 aromatic carbocycles. The minimum absolute atomic E-state index is 0.00583. The van der Waals surface area contributed by atoms with Crippen LogP contribution in [0.5, 0.6) is 0 Å². The summed E-state index contributed by atoms with van der Waals surface area (Å²) in [5.41, 5.74) is 0. The van der Waals surface area contributed by atoms with Crippen molar-refractivity contribution in [3.8, 4) is 0 Å². The normalized spacial score (nSPS) is 19.9. The molecule has 5 nitrogen and oxygen atoms in total. The average Bonchev–Trinajstić information content (AvgIpc) is 3.08. The van der Waals surface area contributed by atoms with Crippen LogP contribution in [0.2, 0.25) is 0 Å². The molecule has 1 aromatic heterocycles. The van der Waals surface area contributed by atoms with E-state index >= 15 is 0 Å². The summed E-state index contributed by atoms with van der Waals surface area (Å²) in [7, 11) is 0. The molecule has 2 rings (SSSR count). The molecule has 0 bridgehead atoms. The van der Waals surface area contributed by atoms with Crippen molar-refractivity contribution in [2.75, 3.05) is 13.2 Å². The Hall–Kier alpha value is -1.40. The molecule has 1 aromatic rings. The first-order valence-electron chi connectivity index (χ1n) is 6.82. The topological polar surface area (TPSA) is 69.6 Å². The van der Waals surface area contributed by atoms with Gasteiger partial charge in [-0.2, -0.15) is 0 Å². The van der Waals surface area contributed by atoms with E-state index in [1.807, 2.05) is 17.5 Å². The van der Waals surface area contributed by atoms with Gasteiger partial charge in [-0.3, -0.25) is 9.59 Å². The third-order valence-corrected chi connectivity index (χ3v) is 4.54. The molecule has 6 heteroatoms. The van der Waals surface area contributed by atoms with Crippen molar-refractivity contribution in [3.63, 3.8) is 0 Å². The number of hydrogen-bond acceptors (Lipinski definition) is 4. The van der Waals surface area contributed by atoms with Gasteiger partial charge >= 0.3 is 0 Å². The number of nitrogens with one attached hydrogen (secondary N) is 1. The van der Waals surface area contributed by atoms with Crippen molar-refractivity contribution in [1.82, 2.24) is 10.2 Å². The fourth-order valence-corrected chi connectivity index (χ4v) is 3.38. The first kappa shape index (κ1) is 15.0. The van der Waals surface area contributed by atoms with Crippen LogP contribution in [0.3, 0.4) is 0 Å². The predicted molar refractivity (Wildman–Crippen MR) is 77.3 cm³/mol. The maximum atomic E-state index is 12.4. The summed E-state index contributed by atoms with van der Waals surface area (Å²) in [6.45, 7) is 2.16. The van der Waals surface area contributed by atoms with Gasteiger partial charge in [-0.05, 0) is 24.3 Å². The zero-order valence-corrected chi connectivity index (χ0v) is 12.4. The Morgan fingerprint density at radius 1 is 1.60 bits per heavy atom. The summed E-state index contributed by atoms with van der Waals surface area (Å²) in [5, 5.41) is 14.0. The van der Waals surface area contributed by atoms with E-state index in [-0.39, 0.29) is 36.9 Å². The molecular formula is C14H20N2O3S. The highest BCUT2D eigenvalue weighted by Crippen LogP contribution is 2.25. The highest BCUT2D eigenvalue weighted by molar-refractivity contribution is 7.10. The van der Waals surface area contributed by atoms with Crippen molar-refractivity contribution in [3.05, 3.63) is 22.4 Å². The zero-order valence-electron chi connectivity index (χ0n) is 11.5. The van der Waals surface area contributed by atoms with E-state index in [0.717, 1.165) is 17.7 Å². The van der Waals surface area contributed by atoms with Gasteiger partial charge in [-0.1, -0.05) is 6.07 Å². The van der Waals surface area contributed by atoms with Crippen molar-refractivity contribution in [2.24, 2.45) is 0 Å². The summed E-state index contributed by atoms with van der Waals surface area (Å²) >= 11 is 1.53. The van der Waals surface area contributed by atoms with Crippen LogP contribution in [0.4, 0.5) is 0 Å². The van der Waals surface area contributed by atoms with Gasteiger partial charge in [-0.15, -0.1) is 11.3 Å². The molecule has 2 heterocycles. The maximum Gasteiger partial charge on any atom is 0.225 e. The number of hydrogen-bond donors (Lipinski definition) is 2. The molecule has 1 aliphatic rings. The minimum atomic E-state index is -0.278. The molecule has 1 saturated heterocycles. The van der Waals surface area contributed by atoms with E-state index in [1.54, 1.807) is 4.90 Å². The van der Waals surface area contributed by atoms with E-state index in [2.05, 4.69) is 5.32 Å². The fraction of sp³-hybridized carbons (Fsp3) is 0.571. The fourth-order valence-electron chi connectivity index (χ4n) is 2.60. The molecule has 0 saturated carbocycles. The van der Waals surface area contributed by atoms with E-state index in [1.165, 1.54) is 18.3 Å². The Bertz CT molecular complexity index is 461. The van der Waals surface area contributed by atoms with Gasteiger partial charge in [0.25, 0.3) is 0 Å². The number of amides is 2. The summed E-state index contributed by atoms with van der Waals surface area (Å²) in [5.74, 6) is -0.148. The monoisotopic (exact) mass is 296 g/mol. The largest absolute Gasteiger partial charge is 0.394 e. The first-order chi connectivity index (χ1) is 9.61. The average molecular weight is 296 g/mol. The van der Waals surface area contributed by atoms with Crippen LogP contribution in [-0.2, 0) is 9.59 Å². The van der Waals surface area contributed by atoms with Crippen LogP contribution in [0.25, 0.3) is 0 Å². The molecule has 1 unspecified atom stereocenters. The molecule has 2 amide bonds. The molecule has 1 fully saturated rings. The number of aliphatic hydroxyl groups excluding tert-OH is 1. The van der Waals surface area contributed by atoms with E-state index in [4.69, 9.17) is 0 Å². The lowest BCUT2D eigenvalue weighted by atomic mass is 10.1. The Morgan fingerprint density at radius 3 is 3.00 bits per heavy atom. The number of carbonyl (C=O) groups is 2. The molecular weight excluding hydrogens is 276 g/mol. The zero-order chi connectivity index (χ0) is 14.5. The van der Waals surface area contributed by atoms with Crippen LogP contribution < -0.4 is 5.32 Å². The second-order valence-corrected chi connectivity index (χ2v) is 6.02. The smallest absolute Gasteiger partial charge is 0.225 e. The predicted octanol–water partition coefficient (Wildman–Crippen LogP) is 1.30. The number of nitrogens with zero attached hydrogens (tertiary/aromatic N) is 1. The van der Waals surface area contributed by atoms with E-state index in [9.17, 15) is 14.7 Å². The third kappa shape index (κ3) is 3.58. The van der Waals surface area contributed by atoms with Gasteiger partial charge in [0.15, 0.2) is 0 Å². The lowest BCUT2D eigenvalue weighted by Crippen LogP contribution is -2.40. The Morgan fingerprint density at radius 2 is 2.40 bits per heavy atom. The molecule has 0 radical (unpaired) electrons. The Kier molecular flexibility index (Phi) is 5.14. The van der Waals surface area contributed by atoms with Gasteiger partial charge in [0.2, 0.25) is 11.8 Å². The van der Waals surface area contributed by atoms with Crippen LogP contribution in [-0.4, -0.2) is 41.0 Å². The summed E-state index contributed by atoms with van der Waals surface area (Å²) < 4.78 is 0. The second-order valence-electron chi connectivity index (χ2n) is 5.04. The lowest BCUT2D eigenvalue weighted by molar-refractivity contribution is -0.133. The highest BCUT2D eigenvalue weighted by atomic mass is 32.1. The second kappa shape index (κ2) is 6.85. The molecule has 1 aliphatic heterocycles. The van der Waals surface area contributed by atoms with Crippen molar-refractivity contribution in [2.45, 2.75) is 38.3 Å². The number of likely N-dealkylation sites (tertiary alicyclic amines) is 1. The van der Waals surface area contributed by atoms with Crippen molar-refractivity contribution in [1.29, 1.82) is 0 Å². The van der Waals surface area contributed by atoms with Crippen molar-refractivity contribution >= 4 is 23.2 Å².